The number of rotatable bonds is 3. The maximum atomic E-state index is 13.5. The number of aryl methyl sites for hydroxylation is 1. The van der Waals surface area contributed by atoms with Gasteiger partial charge in [-0.05, 0) is 13.0 Å². The van der Waals surface area contributed by atoms with Gasteiger partial charge in [0.2, 0.25) is 0 Å². The van der Waals surface area contributed by atoms with E-state index < -0.39 is 28.0 Å². The molecule has 0 saturated heterocycles. The fourth-order valence-electron chi connectivity index (χ4n) is 1.69. The molecule has 0 spiro atoms. The number of hydrogen-bond acceptors (Lipinski definition) is 4. The summed E-state index contributed by atoms with van der Waals surface area (Å²) in [6, 6.07) is 1.52. The number of aromatic nitrogens is 2. The Labute approximate surface area is 106 Å². The van der Waals surface area contributed by atoms with Crippen molar-refractivity contribution in [1.29, 1.82) is 0 Å². The third kappa shape index (κ3) is 2.15. The zero-order valence-electron chi connectivity index (χ0n) is 9.70. The van der Waals surface area contributed by atoms with E-state index in [1.54, 1.807) is 6.92 Å². The van der Waals surface area contributed by atoms with E-state index in [1.807, 2.05) is 0 Å². The van der Waals surface area contributed by atoms with Crippen molar-refractivity contribution in [2.45, 2.75) is 6.92 Å². The number of carboxylic acids is 1. The topological polar surface area (TPSA) is 98.3 Å². The van der Waals surface area contributed by atoms with Gasteiger partial charge in [0.1, 0.15) is 17.3 Å². The number of benzene rings is 1. The number of aromatic carboxylic acids is 1. The van der Waals surface area contributed by atoms with E-state index >= 15 is 0 Å². The van der Waals surface area contributed by atoms with Crippen molar-refractivity contribution < 1.29 is 19.2 Å². The van der Waals surface area contributed by atoms with Crippen LogP contribution in [0, 0.1) is 22.9 Å². The molecule has 0 saturated carbocycles. The summed E-state index contributed by atoms with van der Waals surface area (Å²) in [5, 5.41) is 19.8. The number of carbonyl (C=O) groups is 1. The van der Waals surface area contributed by atoms with Gasteiger partial charge in [0.05, 0.1) is 16.6 Å². The van der Waals surface area contributed by atoms with Gasteiger partial charge in [0.15, 0.2) is 0 Å². The average Bonchev–Trinajstić information content (AvgIpc) is 2.74. The first-order valence-corrected chi connectivity index (χ1v) is 5.13. The Morgan fingerprint density at radius 3 is 2.68 bits per heavy atom. The molecule has 1 N–H and O–H groups in total. The van der Waals surface area contributed by atoms with Gasteiger partial charge in [-0.2, -0.15) is 0 Å². The fourth-order valence-corrected chi connectivity index (χ4v) is 1.69. The van der Waals surface area contributed by atoms with E-state index in [-0.39, 0.29) is 5.69 Å². The number of nitro benzene ring substituents is 1. The predicted octanol–water partition coefficient (Wildman–Crippen LogP) is 1.93. The standard InChI is InChI=1S/C11H8FN3O4/c1-6-13-2-3-14(6)9-4-7(11(16)17)8(12)5-10(9)15(18)19/h2-5H,1H3,(H,16,17). The summed E-state index contributed by atoms with van der Waals surface area (Å²) in [7, 11) is 0. The first-order valence-electron chi connectivity index (χ1n) is 5.13. The third-order valence-corrected chi connectivity index (χ3v) is 2.58. The van der Waals surface area contributed by atoms with Gasteiger partial charge >= 0.3 is 5.97 Å². The molecular weight excluding hydrogens is 257 g/mol. The quantitative estimate of drug-likeness (QED) is 0.675. The Balaban J connectivity index is 2.77. The summed E-state index contributed by atoms with van der Waals surface area (Å²) in [5.74, 6) is -2.22. The van der Waals surface area contributed by atoms with Crippen LogP contribution in [0.25, 0.3) is 5.69 Å². The van der Waals surface area contributed by atoms with E-state index in [0.29, 0.717) is 11.9 Å². The van der Waals surface area contributed by atoms with Gasteiger partial charge in [-0.3, -0.25) is 14.7 Å². The number of hydrogen-bond donors (Lipinski definition) is 1. The molecule has 98 valence electrons. The lowest BCUT2D eigenvalue weighted by Crippen LogP contribution is -2.07. The van der Waals surface area contributed by atoms with Crippen molar-refractivity contribution in [1.82, 2.24) is 9.55 Å². The number of carboxylic acid groups (broad SMARTS) is 1. The molecule has 0 aliphatic heterocycles. The van der Waals surface area contributed by atoms with E-state index in [1.165, 1.54) is 17.0 Å². The maximum absolute atomic E-state index is 13.5. The lowest BCUT2D eigenvalue weighted by Gasteiger charge is -2.08. The number of nitrogens with zero attached hydrogens (tertiary/aromatic N) is 3. The molecule has 0 aliphatic rings. The predicted molar refractivity (Wildman–Crippen MR) is 61.9 cm³/mol. The Hall–Kier alpha value is -2.77. The zero-order valence-corrected chi connectivity index (χ0v) is 9.70. The van der Waals surface area contributed by atoms with Crippen molar-refractivity contribution in [2.75, 3.05) is 0 Å². The fraction of sp³-hybridized carbons (Fsp3) is 0.0909. The molecular formula is C11H8FN3O4. The first-order chi connectivity index (χ1) is 8.91. The summed E-state index contributed by atoms with van der Waals surface area (Å²) in [6.45, 7) is 1.59. The van der Waals surface area contributed by atoms with E-state index in [2.05, 4.69) is 4.98 Å². The van der Waals surface area contributed by atoms with Crippen LogP contribution >= 0.6 is 0 Å². The van der Waals surface area contributed by atoms with Gasteiger partial charge in [-0.15, -0.1) is 0 Å². The number of halogens is 1. The molecule has 0 atom stereocenters. The Morgan fingerprint density at radius 1 is 1.53 bits per heavy atom. The van der Waals surface area contributed by atoms with Crippen molar-refractivity contribution in [3.05, 3.63) is 51.8 Å². The molecule has 1 aromatic heterocycles. The van der Waals surface area contributed by atoms with Crippen LogP contribution < -0.4 is 0 Å². The summed E-state index contributed by atoms with van der Waals surface area (Å²) in [5.41, 5.74) is -1.20. The molecule has 19 heavy (non-hydrogen) atoms. The molecule has 7 nitrogen and oxygen atoms in total. The third-order valence-electron chi connectivity index (χ3n) is 2.58. The minimum Gasteiger partial charge on any atom is -0.478 e. The van der Waals surface area contributed by atoms with Crippen molar-refractivity contribution in [2.24, 2.45) is 0 Å². The van der Waals surface area contributed by atoms with Crippen LogP contribution in [-0.2, 0) is 0 Å². The van der Waals surface area contributed by atoms with Crippen molar-refractivity contribution in [3.63, 3.8) is 0 Å². The van der Waals surface area contributed by atoms with Crippen molar-refractivity contribution >= 4 is 11.7 Å². The molecule has 2 rings (SSSR count). The minimum atomic E-state index is -1.49. The van der Waals surface area contributed by atoms with Gasteiger partial charge in [0.25, 0.3) is 5.69 Å². The van der Waals surface area contributed by atoms with E-state index in [9.17, 15) is 19.3 Å². The smallest absolute Gasteiger partial charge is 0.338 e. The molecule has 0 bridgehead atoms. The molecule has 0 aliphatic carbocycles. The van der Waals surface area contributed by atoms with Gasteiger partial charge < -0.3 is 5.11 Å². The lowest BCUT2D eigenvalue weighted by molar-refractivity contribution is -0.384. The molecule has 2 aromatic rings. The SMILES string of the molecule is Cc1nccn1-c1cc(C(=O)O)c(F)cc1[N+](=O)[O-]. The monoisotopic (exact) mass is 265 g/mol. The molecule has 0 unspecified atom stereocenters. The molecule has 1 heterocycles. The number of imidazole rings is 1. The highest BCUT2D eigenvalue weighted by atomic mass is 19.1. The minimum absolute atomic E-state index is 0.0428. The summed E-state index contributed by atoms with van der Waals surface area (Å²) in [6.07, 6.45) is 2.84. The van der Waals surface area contributed by atoms with Crippen LogP contribution in [0.4, 0.5) is 10.1 Å². The molecule has 0 amide bonds. The normalized spacial score (nSPS) is 10.4. The Bertz CT molecular complexity index is 681. The van der Waals surface area contributed by atoms with Gasteiger partial charge in [0, 0.05) is 12.4 Å². The van der Waals surface area contributed by atoms with Gasteiger partial charge in [-0.25, -0.2) is 14.2 Å². The maximum Gasteiger partial charge on any atom is 0.338 e. The first kappa shape index (κ1) is 12.7. The van der Waals surface area contributed by atoms with Crippen LogP contribution in [0.1, 0.15) is 16.2 Å². The largest absolute Gasteiger partial charge is 0.478 e. The highest BCUT2D eigenvalue weighted by Gasteiger charge is 2.23. The highest BCUT2D eigenvalue weighted by Crippen LogP contribution is 2.27. The summed E-state index contributed by atoms with van der Waals surface area (Å²) >= 11 is 0. The Kier molecular flexibility index (Phi) is 2.99. The second-order valence-corrected chi connectivity index (χ2v) is 3.73. The van der Waals surface area contributed by atoms with Crippen LogP contribution in [0.2, 0.25) is 0 Å². The van der Waals surface area contributed by atoms with Crippen LogP contribution in [0.15, 0.2) is 24.5 Å². The molecule has 1 aromatic carbocycles. The van der Waals surface area contributed by atoms with Crippen molar-refractivity contribution in [3.8, 4) is 5.69 Å². The summed E-state index contributed by atoms with van der Waals surface area (Å²) in [4.78, 5) is 24.9. The van der Waals surface area contributed by atoms with E-state index in [0.717, 1.165) is 6.07 Å². The van der Waals surface area contributed by atoms with Gasteiger partial charge in [-0.1, -0.05) is 0 Å². The molecule has 0 radical (unpaired) electrons. The second kappa shape index (κ2) is 4.48. The Morgan fingerprint density at radius 2 is 2.21 bits per heavy atom. The number of nitro groups is 1. The van der Waals surface area contributed by atoms with Crippen LogP contribution in [0.5, 0.6) is 0 Å². The second-order valence-electron chi connectivity index (χ2n) is 3.73. The van der Waals surface area contributed by atoms with Crippen LogP contribution in [-0.4, -0.2) is 25.6 Å². The van der Waals surface area contributed by atoms with Crippen LogP contribution in [0.3, 0.4) is 0 Å². The average molecular weight is 265 g/mol. The molecule has 8 heteroatoms. The molecule has 0 fully saturated rings. The lowest BCUT2D eigenvalue weighted by atomic mass is 10.1. The summed E-state index contributed by atoms with van der Waals surface area (Å²) < 4.78 is 14.8. The van der Waals surface area contributed by atoms with E-state index in [4.69, 9.17) is 5.11 Å². The highest BCUT2D eigenvalue weighted by molar-refractivity contribution is 5.89. The zero-order chi connectivity index (χ0) is 14.2.